The number of imide groups is 1. The first-order chi connectivity index (χ1) is 17.5. The van der Waals surface area contributed by atoms with Crippen molar-refractivity contribution in [2.75, 3.05) is 18.0 Å². The molecule has 0 aliphatic carbocycles. The number of amides is 3. The minimum absolute atomic E-state index is 0.118. The molecule has 36 heavy (non-hydrogen) atoms. The van der Waals surface area contributed by atoms with Crippen molar-refractivity contribution in [1.29, 1.82) is 0 Å². The van der Waals surface area contributed by atoms with E-state index < -0.39 is 0 Å². The van der Waals surface area contributed by atoms with E-state index in [2.05, 4.69) is 13.0 Å². The summed E-state index contributed by atoms with van der Waals surface area (Å²) in [5.41, 5.74) is 3.42. The third-order valence-electron chi connectivity index (χ3n) is 6.80. The molecule has 0 N–H and O–H groups in total. The quantitative estimate of drug-likeness (QED) is 0.359. The van der Waals surface area contributed by atoms with Gasteiger partial charge in [-0.2, -0.15) is 0 Å². The van der Waals surface area contributed by atoms with Crippen molar-refractivity contribution in [3.05, 3.63) is 69.7 Å². The summed E-state index contributed by atoms with van der Waals surface area (Å²) >= 11 is 7.00. The molecule has 2 fully saturated rings. The predicted molar refractivity (Wildman–Crippen MR) is 146 cm³/mol. The maximum Gasteiger partial charge on any atom is 0.298 e. The summed E-state index contributed by atoms with van der Waals surface area (Å²) in [7, 11) is 0. The van der Waals surface area contributed by atoms with Gasteiger partial charge in [-0.25, -0.2) is 4.90 Å². The zero-order valence-corrected chi connectivity index (χ0v) is 21.8. The van der Waals surface area contributed by atoms with Crippen molar-refractivity contribution in [3.63, 3.8) is 0 Å². The fourth-order valence-electron chi connectivity index (χ4n) is 5.00. The molecule has 0 spiro atoms. The summed E-state index contributed by atoms with van der Waals surface area (Å²) in [6.07, 6.45) is 8.97. The Bertz CT molecular complexity index is 1370. The molecule has 0 bridgehead atoms. The lowest BCUT2D eigenvalue weighted by Crippen LogP contribution is -2.34. The van der Waals surface area contributed by atoms with E-state index in [-0.39, 0.29) is 23.6 Å². The average molecular weight is 522 g/mol. The smallest absolute Gasteiger partial charge is 0.298 e. The number of rotatable bonds is 5. The summed E-state index contributed by atoms with van der Waals surface area (Å²) in [5, 5.41) is 1.06. The van der Waals surface area contributed by atoms with Crippen LogP contribution >= 0.6 is 23.4 Å². The number of aromatic nitrogens is 1. The Morgan fingerprint density at radius 1 is 1.06 bits per heavy atom. The molecule has 8 heteroatoms. The van der Waals surface area contributed by atoms with Crippen LogP contribution in [0.5, 0.6) is 0 Å². The lowest BCUT2D eigenvalue weighted by atomic mass is 10.1. The number of para-hydroxylation sites is 1. The van der Waals surface area contributed by atoms with Gasteiger partial charge in [0.15, 0.2) is 0 Å². The average Bonchev–Trinajstić information content (AvgIpc) is 3.19. The van der Waals surface area contributed by atoms with Crippen LogP contribution < -0.4 is 4.90 Å². The van der Waals surface area contributed by atoms with Crippen LogP contribution in [0.3, 0.4) is 0 Å². The second-order valence-electron chi connectivity index (χ2n) is 9.17. The summed E-state index contributed by atoms with van der Waals surface area (Å²) < 4.78 is 2.01. The first kappa shape index (κ1) is 24.7. The standard InChI is InChI=1S/C28H28ClN3O3S/c1-2-19-9-7-12-23-20(17-31(26(19)23)18-25(33)30-13-5-3-4-6-14-30)15-24-27(34)32(28(35)36-24)22-11-8-10-21(29)16-22/h7-12,15-17H,2-6,13-14,18H2,1H3/b24-15-. The molecule has 2 aliphatic rings. The van der Waals surface area contributed by atoms with Crippen LogP contribution in [0.1, 0.15) is 43.7 Å². The summed E-state index contributed by atoms with van der Waals surface area (Å²) in [5.74, 6) is -0.256. The third kappa shape index (κ3) is 4.82. The predicted octanol–water partition coefficient (Wildman–Crippen LogP) is 6.50. The van der Waals surface area contributed by atoms with Gasteiger partial charge in [0.2, 0.25) is 5.91 Å². The number of anilines is 1. The number of likely N-dealkylation sites (tertiary alicyclic amines) is 1. The van der Waals surface area contributed by atoms with Crippen molar-refractivity contribution < 1.29 is 14.4 Å². The molecule has 0 atom stereocenters. The second kappa shape index (κ2) is 10.5. The number of thioether (sulfide) groups is 1. The Balaban J connectivity index is 1.50. The fourth-order valence-corrected chi connectivity index (χ4v) is 6.02. The number of hydrogen-bond acceptors (Lipinski definition) is 4. The van der Waals surface area contributed by atoms with Crippen molar-refractivity contribution in [2.24, 2.45) is 0 Å². The van der Waals surface area contributed by atoms with E-state index in [0.717, 1.165) is 71.0 Å². The monoisotopic (exact) mass is 521 g/mol. The van der Waals surface area contributed by atoms with E-state index in [9.17, 15) is 14.4 Å². The number of carbonyl (C=O) groups excluding carboxylic acids is 3. The summed E-state index contributed by atoms with van der Waals surface area (Å²) in [6.45, 7) is 3.97. The van der Waals surface area contributed by atoms with Gasteiger partial charge in [0.05, 0.1) is 16.1 Å². The molecular weight excluding hydrogens is 494 g/mol. The largest absolute Gasteiger partial charge is 0.341 e. The number of fused-ring (bicyclic) bond motifs is 1. The number of aryl methyl sites for hydroxylation is 1. The van der Waals surface area contributed by atoms with E-state index in [1.54, 1.807) is 30.3 Å². The topological polar surface area (TPSA) is 62.6 Å². The van der Waals surface area contributed by atoms with E-state index in [1.807, 2.05) is 27.8 Å². The van der Waals surface area contributed by atoms with E-state index in [0.29, 0.717) is 15.6 Å². The van der Waals surface area contributed by atoms with Crippen LogP contribution in [0.15, 0.2) is 53.6 Å². The van der Waals surface area contributed by atoms with E-state index >= 15 is 0 Å². The van der Waals surface area contributed by atoms with Crippen LogP contribution in [-0.2, 0) is 22.6 Å². The van der Waals surface area contributed by atoms with E-state index in [4.69, 9.17) is 11.6 Å². The summed E-state index contributed by atoms with van der Waals surface area (Å²) in [6, 6.07) is 12.8. The molecule has 0 saturated carbocycles. The van der Waals surface area contributed by atoms with Gasteiger partial charge in [-0.1, -0.05) is 55.6 Å². The van der Waals surface area contributed by atoms with Crippen LogP contribution in [0.2, 0.25) is 5.02 Å². The Labute approximate surface area is 219 Å². The van der Waals surface area contributed by atoms with Crippen LogP contribution in [0.4, 0.5) is 10.5 Å². The molecule has 6 nitrogen and oxygen atoms in total. The van der Waals surface area contributed by atoms with Gasteiger partial charge in [-0.3, -0.25) is 14.4 Å². The highest BCUT2D eigenvalue weighted by molar-refractivity contribution is 8.19. The first-order valence-corrected chi connectivity index (χ1v) is 13.6. The molecule has 3 aromatic rings. The van der Waals surface area contributed by atoms with Gasteiger partial charge in [0, 0.05) is 35.3 Å². The zero-order chi connectivity index (χ0) is 25.2. The second-order valence-corrected chi connectivity index (χ2v) is 10.6. The lowest BCUT2D eigenvalue weighted by molar-refractivity contribution is -0.131. The zero-order valence-electron chi connectivity index (χ0n) is 20.2. The molecule has 1 aromatic heterocycles. The molecule has 3 heterocycles. The number of carbonyl (C=O) groups is 3. The Morgan fingerprint density at radius 3 is 2.53 bits per heavy atom. The van der Waals surface area contributed by atoms with Crippen LogP contribution in [0.25, 0.3) is 17.0 Å². The van der Waals surface area contributed by atoms with Gasteiger partial charge in [-0.15, -0.1) is 0 Å². The third-order valence-corrected chi connectivity index (χ3v) is 7.91. The molecule has 5 rings (SSSR count). The Kier molecular flexibility index (Phi) is 7.21. The van der Waals surface area contributed by atoms with E-state index in [1.165, 1.54) is 12.8 Å². The first-order valence-electron chi connectivity index (χ1n) is 12.4. The minimum atomic E-state index is -0.375. The number of hydrogen-bond donors (Lipinski definition) is 0. The van der Waals surface area contributed by atoms with Crippen LogP contribution in [0, 0.1) is 0 Å². The normalized spacial score (nSPS) is 17.9. The van der Waals surface area contributed by atoms with Crippen molar-refractivity contribution in [1.82, 2.24) is 9.47 Å². The maximum atomic E-state index is 13.2. The van der Waals surface area contributed by atoms with Gasteiger partial charge in [0.25, 0.3) is 11.1 Å². The molecule has 3 amide bonds. The van der Waals surface area contributed by atoms with Crippen molar-refractivity contribution >= 4 is 63.1 Å². The number of benzene rings is 2. The molecule has 2 aliphatic heterocycles. The van der Waals surface area contributed by atoms with Crippen LogP contribution in [-0.4, -0.2) is 39.6 Å². The molecular formula is C28H28ClN3O3S. The minimum Gasteiger partial charge on any atom is -0.341 e. The van der Waals surface area contributed by atoms with Gasteiger partial charge >= 0.3 is 0 Å². The van der Waals surface area contributed by atoms with Crippen molar-refractivity contribution in [2.45, 2.75) is 45.6 Å². The molecule has 2 saturated heterocycles. The highest BCUT2D eigenvalue weighted by atomic mass is 35.5. The van der Waals surface area contributed by atoms with Gasteiger partial charge in [-0.05, 0) is 60.9 Å². The number of halogens is 1. The maximum absolute atomic E-state index is 13.2. The van der Waals surface area contributed by atoms with Crippen molar-refractivity contribution in [3.8, 4) is 0 Å². The highest BCUT2D eigenvalue weighted by Gasteiger charge is 2.36. The molecule has 0 radical (unpaired) electrons. The molecule has 2 aromatic carbocycles. The lowest BCUT2D eigenvalue weighted by Gasteiger charge is -2.21. The molecule has 0 unspecified atom stereocenters. The SMILES string of the molecule is CCc1cccc2c(/C=C3\SC(=O)N(c4cccc(Cl)c4)C3=O)cn(CC(=O)N3CCCCCC3)c12. The van der Waals surface area contributed by atoms with Gasteiger partial charge in [0.1, 0.15) is 6.54 Å². The Hall–Kier alpha value is -3.03. The molecule has 186 valence electrons. The highest BCUT2D eigenvalue weighted by Crippen LogP contribution is 2.38. The van der Waals surface area contributed by atoms with Gasteiger partial charge < -0.3 is 9.47 Å². The summed E-state index contributed by atoms with van der Waals surface area (Å²) in [4.78, 5) is 42.7. The Morgan fingerprint density at radius 2 is 1.81 bits per heavy atom. The fraction of sp³-hybridized carbons (Fsp3) is 0.321. The number of nitrogens with zero attached hydrogens (tertiary/aromatic N) is 3.